The zero-order valence-electron chi connectivity index (χ0n) is 10.3. The molecule has 1 unspecified atom stereocenters. The van der Waals surface area contributed by atoms with Crippen molar-refractivity contribution >= 4 is 5.82 Å². The van der Waals surface area contributed by atoms with Gasteiger partial charge in [0.25, 0.3) is 0 Å². The van der Waals surface area contributed by atoms with Crippen LogP contribution in [0.4, 0.5) is 5.82 Å². The van der Waals surface area contributed by atoms with Crippen molar-refractivity contribution in [1.29, 1.82) is 0 Å². The van der Waals surface area contributed by atoms with E-state index in [4.69, 9.17) is 9.72 Å². The summed E-state index contributed by atoms with van der Waals surface area (Å²) in [4.78, 5) is 9.37. The van der Waals surface area contributed by atoms with Crippen LogP contribution in [0, 0.1) is 5.92 Å². The third-order valence-corrected chi connectivity index (χ3v) is 3.71. The fourth-order valence-electron chi connectivity index (χ4n) is 2.78. The largest absolute Gasteiger partial charge is 0.381 e. The van der Waals surface area contributed by atoms with Crippen molar-refractivity contribution in [2.75, 3.05) is 25.6 Å². The van der Waals surface area contributed by atoms with E-state index in [1.807, 2.05) is 7.05 Å². The minimum atomic E-state index is 0.610. The van der Waals surface area contributed by atoms with E-state index in [1.165, 1.54) is 17.7 Å². The Hall–Kier alpha value is -1.16. The van der Waals surface area contributed by atoms with E-state index in [-0.39, 0.29) is 0 Å². The summed E-state index contributed by atoms with van der Waals surface area (Å²) in [6.45, 7) is 1.77. The van der Waals surface area contributed by atoms with Crippen LogP contribution in [0.3, 0.4) is 0 Å². The van der Waals surface area contributed by atoms with Crippen molar-refractivity contribution in [2.45, 2.75) is 32.1 Å². The van der Waals surface area contributed by atoms with Crippen LogP contribution in [-0.4, -0.2) is 30.2 Å². The molecule has 0 amide bonds. The fraction of sp³-hybridized carbons (Fsp3) is 0.692. The summed E-state index contributed by atoms with van der Waals surface area (Å²) < 4.78 is 5.41. The average molecular weight is 233 g/mol. The molecule has 2 heterocycles. The van der Waals surface area contributed by atoms with Gasteiger partial charge in [0.05, 0.1) is 0 Å². The van der Waals surface area contributed by atoms with E-state index in [0.717, 1.165) is 50.5 Å². The predicted molar refractivity (Wildman–Crippen MR) is 66.2 cm³/mol. The van der Waals surface area contributed by atoms with Crippen molar-refractivity contribution in [3.8, 4) is 0 Å². The third kappa shape index (κ3) is 2.14. The smallest absolute Gasteiger partial charge is 0.132 e. The Kier molecular flexibility index (Phi) is 2.97. The van der Waals surface area contributed by atoms with E-state index >= 15 is 0 Å². The number of aryl methyl sites for hydroxylation is 1. The second-order valence-electron chi connectivity index (χ2n) is 4.95. The standard InChI is InChI=1S/C13H19N3O/c1-14-13-10-3-2-4-11(10)15-12(16-13)7-9-5-6-17-8-9/h9H,2-8H2,1H3,(H,14,15,16). The first kappa shape index (κ1) is 11.0. The summed E-state index contributed by atoms with van der Waals surface area (Å²) in [6, 6.07) is 0. The lowest BCUT2D eigenvalue weighted by atomic mass is 10.0. The van der Waals surface area contributed by atoms with Gasteiger partial charge >= 0.3 is 0 Å². The number of hydrogen-bond acceptors (Lipinski definition) is 4. The van der Waals surface area contributed by atoms with Crippen molar-refractivity contribution in [3.63, 3.8) is 0 Å². The quantitative estimate of drug-likeness (QED) is 0.861. The molecule has 4 heteroatoms. The number of nitrogens with one attached hydrogen (secondary N) is 1. The van der Waals surface area contributed by atoms with E-state index in [1.54, 1.807) is 0 Å². The Morgan fingerprint density at radius 3 is 3.06 bits per heavy atom. The number of rotatable bonds is 3. The summed E-state index contributed by atoms with van der Waals surface area (Å²) in [7, 11) is 1.95. The minimum absolute atomic E-state index is 0.610. The highest BCUT2D eigenvalue weighted by atomic mass is 16.5. The monoisotopic (exact) mass is 233 g/mol. The van der Waals surface area contributed by atoms with Crippen LogP contribution in [0.1, 0.15) is 29.9 Å². The maximum Gasteiger partial charge on any atom is 0.132 e. The van der Waals surface area contributed by atoms with Crippen LogP contribution < -0.4 is 5.32 Å². The van der Waals surface area contributed by atoms with Gasteiger partial charge in [-0.25, -0.2) is 9.97 Å². The van der Waals surface area contributed by atoms with Crippen LogP contribution in [0.15, 0.2) is 0 Å². The Balaban J connectivity index is 1.84. The Labute approximate surface area is 102 Å². The second kappa shape index (κ2) is 4.61. The number of anilines is 1. The van der Waals surface area contributed by atoms with Gasteiger partial charge in [0.15, 0.2) is 0 Å². The van der Waals surface area contributed by atoms with Crippen molar-refractivity contribution in [2.24, 2.45) is 5.92 Å². The predicted octanol–water partition coefficient (Wildman–Crippen LogP) is 1.59. The van der Waals surface area contributed by atoms with Crippen LogP contribution in [0.5, 0.6) is 0 Å². The van der Waals surface area contributed by atoms with E-state index in [9.17, 15) is 0 Å². The molecule has 92 valence electrons. The molecule has 0 saturated carbocycles. The molecule has 1 N–H and O–H groups in total. The first-order valence-corrected chi connectivity index (χ1v) is 6.51. The second-order valence-corrected chi connectivity index (χ2v) is 4.95. The molecule has 3 rings (SSSR count). The summed E-state index contributed by atoms with van der Waals surface area (Å²) in [5.74, 6) is 2.64. The molecule has 1 aromatic heterocycles. The summed E-state index contributed by atoms with van der Waals surface area (Å²) in [5.41, 5.74) is 2.59. The molecule has 17 heavy (non-hydrogen) atoms. The number of nitrogens with zero attached hydrogens (tertiary/aromatic N) is 2. The molecule has 1 aromatic rings. The maximum absolute atomic E-state index is 5.41. The van der Waals surface area contributed by atoms with E-state index in [2.05, 4.69) is 10.3 Å². The number of fused-ring (bicyclic) bond motifs is 1. The summed E-state index contributed by atoms with van der Waals surface area (Å²) in [5, 5.41) is 3.21. The molecule has 1 aliphatic carbocycles. The van der Waals surface area contributed by atoms with Gasteiger partial charge in [-0.2, -0.15) is 0 Å². The zero-order chi connectivity index (χ0) is 11.7. The first-order valence-electron chi connectivity index (χ1n) is 6.51. The fourth-order valence-corrected chi connectivity index (χ4v) is 2.78. The lowest BCUT2D eigenvalue weighted by Gasteiger charge is -2.11. The molecule has 0 radical (unpaired) electrons. The molecule has 1 aliphatic heterocycles. The van der Waals surface area contributed by atoms with E-state index in [0.29, 0.717) is 5.92 Å². The molecule has 0 aromatic carbocycles. The van der Waals surface area contributed by atoms with Crippen LogP contribution in [-0.2, 0) is 24.0 Å². The van der Waals surface area contributed by atoms with Crippen LogP contribution in [0.2, 0.25) is 0 Å². The molecular formula is C13H19N3O. The molecular weight excluding hydrogens is 214 g/mol. The van der Waals surface area contributed by atoms with Gasteiger partial charge in [-0.1, -0.05) is 0 Å². The van der Waals surface area contributed by atoms with Gasteiger partial charge in [0.2, 0.25) is 0 Å². The lowest BCUT2D eigenvalue weighted by molar-refractivity contribution is 0.185. The number of ether oxygens (including phenoxy) is 1. The average Bonchev–Trinajstić information content (AvgIpc) is 2.98. The van der Waals surface area contributed by atoms with Gasteiger partial charge in [0.1, 0.15) is 11.6 Å². The highest BCUT2D eigenvalue weighted by Crippen LogP contribution is 2.27. The highest BCUT2D eigenvalue weighted by molar-refractivity contribution is 5.48. The first-order chi connectivity index (χ1) is 8.36. The maximum atomic E-state index is 5.41. The molecule has 0 bridgehead atoms. The molecule has 4 nitrogen and oxygen atoms in total. The zero-order valence-corrected chi connectivity index (χ0v) is 10.3. The van der Waals surface area contributed by atoms with Gasteiger partial charge < -0.3 is 10.1 Å². The number of hydrogen-bond donors (Lipinski definition) is 1. The van der Waals surface area contributed by atoms with Gasteiger partial charge in [-0.15, -0.1) is 0 Å². The normalized spacial score (nSPS) is 22.8. The molecule has 0 spiro atoms. The topological polar surface area (TPSA) is 47.0 Å². The lowest BCUT2D eigenvalue weighted by Crippen LogP contribution is -2.11. The van der Waals surface area contributed by atoms with Crippen LogP contribution in [0.25, 0.3) is 0 Å². The molecule has 2 aliphatic rings. The third-order valence-electron chi connectivity index (χ3n) is 3.71. The van der Waals surface area contributed by atoms with Crippen LogP contribution >= 0.6 is 0 Å². The minimum Gasteiger partial charge on any atom is -0.381 e. The van der Waals surface area contributed by atoms with Gasteiger partial charge in [-0.3, -0.25) is 0 Å². The SMILES string of the molecule is CNc1nc(CC2CCOC2)nc2c1CCC2. The van der Waals surface area contributed by atoms with Crippen molar-refractivity contribution in [1.82, 2.24) is 9.97 Å². The van der Waals surface area contributed by atoms with Gasteiger partial charge in [0, 0.05) is 37.9 Å². The Morgan fingerprint density at radius 2 is 2.29 bits per heavy atom. The highest BCUT2D eigenvalue weighted by Gasteiger charge is 2.22. The Bertz CT molecular complexity index is 413. The van der Waals surface area contributed by atoms with Crippen molar-refractivity contribution in [3.05, 3.63) is 17.1 Å². The van der Waals surface area contributed by atoms with Crippen molar-refractivity contribution < 1.29 is 4.74 Å². The summed E-state index contributed by atoms with van der Waals surface area (Å²) in [6.07, 6.45) is 5.56. The molecule has 1 saturated heterocycles. The Morgan fingerprint density at radius 1 is 1.35 bits per heavy atom. The van der Waals surface area contributed by atoms with E-state index < -0.39 is 0 Å². The van der Waals surface area contributed by atoms with Gasteiger partial charge in [-0.05, 0) is 31.6 Å². The number of aromatic nitrogens is 2. The molecule has 1 fully saturated rings. The summed E-state index contributed by atoms with van der Waals surface area (Å²) >= 11 is 0. The molecule has 1 atom stereocenters.